The molecule has 0 unspecified atom stereocenters. The van der Waals surface area contributed by atoms with Gasteiger partial charge in [-0.15, -0.1) is 0 Å². The average molecular weight is 322 g/mol. The lowest BCUT2D eigenvalue weighted by Crippen LogP contribution is -2.55. The van der Waals surface area contributed by atoms with E-state index in [4.69, 9.17) is 9.47 Å². The molecule has 0 bridgehead atoms. The second kappa shape index (κ2) is 7.06. The van der Waals surface area contributed by atoms with Crippen molar-refractivity contribution in [3.05, 3.63) is 11.6 Å². The van der Waals surface area contributed by atoms with Gasteiger partial charge in [0.05, 0.1) is 13.2 Å². The van der Waals surface area contributed by atoms with Crippen molar-refractivity contribution in [2.75, 3.05) is 13.2 Å². The Bertz CT molecular complexity index is 472. The van der Waals surface area contributed by atoms with Gasteiger partial charge in [0.1, 0.15) is 5.57 Å². The summed E-state index contributed by atoms with van der Waals surface area (Å²) in [5, 5.41) is 0. The number of allylic oxidation sites excluding steroid dienone is 1. The standard InChI is InChI=1S/C19H30O4/c1-6-22-17(20)14(18(21)23-7-2)11-16-13-10-12(3)8-9-15(13)19(16,4)5/h11-13,15-16H,6-10H2,1-5H3/t12-,13-,15+,16-/m1/s1. The summed E-state index contributed by atoms with van der Waals surface area (Å²) in [6, 6.07) is 0. The molecule has 0 amide bonds. The molecule has 2 rings (SSSR count). The third-order valence-electron chi connectivity index (χ3n) is 5.77. The van der Waals surface area contributed by atoms with Gasteiger partial charge in [-0.25, -0.2) is 9.59 Å². The summed E-state index contributed by atoms with van der Waals surface area (Å²) in [4.78, 5) is 24.4. The molecule has 0 aromatic heterocycles. The van der Waals surface area contributed by atoms with E-state index in [1.54, 1.807) is 13.8 Å². The van der Waals surface area contributed by atoms with Gasteiger partial charge in [-0.3, -0.25) is 0 Å². The third kappa shape index (κ3) is 3.46. The van der Waals surface area contributed by atoms with E-state index in [9.17, 15) is 9.59 Å². The van der Waals surface area contributed by atoms with Crippen LogP contribution < -0.4 is 0 Å². The molecule has 0 saturated heterocycles. The Hall–Kier alpha value is -1.32. The Balaban J connectivity index is 2.26. The monoisotopic (exact) mass is 322 g/mol. The molecule has 2 fully saturated rings. The summed E-state index contributed by atoms with van der Waals surface area (Å²) in [6.07, 6.45) is 5.55. The van der Waals surface area contributed by atoms with Crippen LogP contribution in [0.25, 0.3) is 0 Å². The van der Waals surface area contributed by atoms with Crippen LogP contribution in [-0.2, 0) is 19.1 Å². The van der Waals surface area contributed by atoms with Crippen LogP contribution in [0.4, 0.5) is 0 Å². The van der Waals surface area contributed by atoms with Crippen LogP contribution in [0, 0.1) is 29.1 Å². The van der Waals surface area contributed by atoms with E-state index in [1.165, 1.54) is 19.3 Å². The normalized spacial score (nSPS) is 31.3. The van der Waals surface area contributed by atoms with Gasteiger partial charge in [0.15, 0.2) is 0 Å². The van der Waals surface area contributed by atoms with E-state index < -0.39 is 11.9 Å². The molecule has 2 saturated carbocycles. The van der Waals surface area contributed by atoms with Gasteiger partial charge in [0.25, 0.3) is 0 Å². The zero-order valence-corrected chi connectivity index (χ0v) is 15.1. The Labute approximate surface area is 139 Å². The molecule has 4 nitrogen and oxygen atoms in total. The van der Waals surface area contributed by atoms with Crippen molar-refractivity contribution >= 4 is 11.9 Å². The van der Waals surface area contributed by atoms with Crippen molar-refractivity contribution in [1.82, 2.24) is 0 Å². The van der Waals surface area contributed by atoms with Crippen molar-refractivity contribution in [3.63, 3.8) is 0 Å². The minimum atomic E-state index is -0.561. The first-order chi connectivity index (χ1) is 10.8. The smallest absolute Gasteiger partial charge is 0.345 e. The molecule has 0 heterocycles. The lowest BCUT2D eigenvalue weighted by molar-refractivity contribution is -0.147. The molecular weight excluding hydrogens is 292 g/mol. The summed E-state index contributed by atoms with van der Waals surface area (Å²) in [5.74, 6) is 1.08. The number of carbonyl (C=O) groups is 2. The topological polar surface area (TPSA) is 52.6 Å². The lowest BCUT2D eigenvalue weighted by Gasteiger charge is -2.61. The Morgan fingerprint density at radius 3 is 2.17 bits per heavy atom. The molecule has 4 atom stereocenters. The Kier molecular flexibility index (Phi) is 5.53. The van der Waals surface area contributed by atoms with E-state index >= 15 is 0 Å². The van der Waals surface area contributed by atoms with Gasteiger partial charge >= 0.3 is 11.9 Å². The maximum absolute atomic E-state index is 12.2. The maximum atomic E-state index is 12.2. The number of esters is 2. The number of carbonyl (C=O) groups excluding carboxylic acids is 2. The number of fused-ring (bicyclic) bond motifs is 1. The molecule has 2 aliphatic rings. The molecule has 130 valence electrons. The summed E-state index contributed by atoms with van der Waals surface area (Å²) in [7, 11) is 0. The zero-order valence-electron chi connectivity index (χ0n) is 15.1. The molecule has 2 aliphatic carbocycles. The van der Waals surface area contributed by atoms with Gasteiger partial charge in [-0.2, -0.15) is 0 Å². The fourth-order valence-electron chi connectivity index (χ4n) is 4.58. The largest absolute Gasteiger partial charge is 0.462 e. The molecular formula is C19H30O4. The van der Waals surface area contributed by atoms with Crippen molar-refractivity contribution in [1.29, 1.82) is 0 Å². The molecule has 0 N–H and O–H groups in total. The van der Waals surface area contributed by atoms with E-state index in [0.29, 0.717) is 11.8 Å². The molecule has 0 radical (unpaired) electrons. The first-order valence-electron chi connectivity index (χ1n) is 8.88. The molecule has 23 heavy (non-hydrogen) atoms. The second-order valence-corrected chi connectivity index (χ2v) is 7.56. The minimum absolute atomic E-state index is 0.0726. The predicted octanol–water partition coefficient (Wildman–Crippen LogP) is 3.75. The van der Waals surface area contributed by atoms with Crippen molar-refractivity contribution < 1.29 is 19.1 Å². The molecule has 4 heteroatoms. The molecule has 0 aliphatic heterocycles. The van der Waals surface area contributed by atoms with Crippen molar-refractivity contribution in [2.45, 2.75) is 53.9 Å². The molecule has 0 aromatic carbocycles. The quantitative estimate of drug-likeness (QED) is 0.335. The minimum Gasteiger partial charge on any atom is -0.462 e. The van der Waals surface area contributed by atoms with Gasteiger partial charge in [-0.05, 0) is 55.8 Å². The Morgan fingerprint density at radius 1 is 1.09 bits per heavy atom. The highest BCUT2D eigenvalue weighted by atomic mass is 16.6. The van der Waals surface area contributed by atoms with Crippen molar-refractivity contribution in [3.8, 4) is 0 Å². The van der Waals surface area contributed by atoms with Crippen LogP contribution in [0.15, 0.2) is 11.6 Å². The maximum Gasteiger partial charge on any atom is 0.345 e. The number of ether oxygens (including phenoxy) is 2. The highest BCUT2D eigenvalue weighted by Crippen LogP contribution is 2.62. The van der Waals surface area contributed by atoms with Gasteiger partial charge in [0, 0.05) is 0 Å². The fraction of sp³-hybridized carbons (Fsp3) is 0.789. The van der Waals surface area contributed by atoms with Crippen molar-refractivity contribution in [2.24, 2.45) is 29.1 Å². The van der Waals surface area contributed by atoms with E-state index in [2.05, 4.69) is 20.8 Å². The van der Waals surface area contributed by atoms with Crippen LogP contribution in [0.3, 0.4) is 0 Å². The Morgan fingerprint density at radius 2 is 1.65 bits per heavy atom. The lowest BCUT2D eigenvalue weighted by atomic mass is 9.43. The first kappa shape index (κ1) is 18.0. The van der Waals surface area contributed by atoms with Gasteiger partial charge < -0.3 is 9.47 Å². The summed E-state index contributed by atoms with van der Waals surface area (Å²) < 4.78 is 10.1. The van der Waals surface area contributed by atoms with Crippen LogP contribution in [0.5, 0.6) is 0 Å². The van der Waals surface area contributed by atoms with Crippen LogP contribution in [0.2, 0.25) is 0 Å². The van der Waals surface area contributed by atoms with Crippen LogP contribution in [-0.4, -0.2) is 25.2 Å². The predicted molar refractivity (Wildman–Crippen MR) is 88.6 cm³/mol. The summed E-state index contributed by atoms with van der Waals surface area (Å²) >= 11 is 0. The average Bonchev–Trinajstić information content (AvgIpc) is 2.47. The molecule has 0 spiro atoms. The van der Waals surface area contributed by atoms with E-state index in [0.717, 1.165) is 5.92 Å². The number of hydrogen-bond acceptors (Lipinski definition) is 4. The molecule has 0 aromatic rings. The third-order valence-corrected chi connectivity index (χ3v) is 5.77. The van der Waals surface area contributed by atoms with Crippen LogP contribution in [0.1, 0.15) is 53.9 Å². The fourth-order valence-corrected chi connectivity index (χ4v) is 4.58. The highest BCUT2D eigenvalue weighted by molar-refractivity contribution is 6.14. The zero-order chi connectivity index (χ0) is 17.2. The van der Waals surface area contributed by atoms with E-state index in [-0.39, 0.29) is 30.1 Å². The van der Waals surface area contributed by atoms with Gasteiger partial charge in [-0.1, -0.05) is 33.3 Å². The van der Waals surface area contributed by atoms with E-state index in [1.807, 2.05) is 6.08 Å². The number of rotatable bonds is 5. The summed E-state index contributed by atoms with van der Waals surface area (Å²) in [5.41, 5.74) is 0.193. The second-order valence-electron chi connectivity index (χ2n) is 7.56. The van der Waals surface area contributed by atoms with Gasteiger partial charge in [0.2, 0.25) is 0 Å². The first-order valence-corrected chi connectivity index (χ1v) is 8.88. The SMILES string of the molecule is CCOC(=O)C(=C[C@@H]1[C@@H]2C[C@H](C)CC[C@@H]2C1(C)C)C(=O)OCC. The van der Waals surface area contributed by atoms with Crippen LogP contribution >= 0.6 is 0 Å². The highest BCUT2D eigenvalue weighted by Gasteiger charge is 2.56. The number of hydrogen-bond donors (Lipinski definition) is 0. The summed E-state index contributed by atoms with van der Waals surface area (Å²) in [6.45, 7) is 10.8.